The summed E-state index contributed by atoms with van der Waals surface area (Å²) in [4.78, 5) is 31.7. The highest BCUT2D eigenvalue weighted by Crippen LogP contribution is 2.27. The van der Waals surface area contributed by atoms with E-state index in [1.807, 2.05) is 47.4 Å². The van der Waals surface area contributed by atoms with Gasteiger partial charge in [-0.1, -0.05) is 71.7 Å². The number of nitrogens with zero attached hydrogens (tertiary/aromatic N) is 1. The lowest BCUT2D eigenvalue weighted by molar-refractivity contribution is 0.0571. The van der Waals surface area contributed by atoms with E-state index in [-0.39, 0.29) is 23.9 Å². The molecule has 2 atom stereocenters. The summed E-state index contributed by atoms with van der Waals surface area (Å²) < 4.78 is 0. The molecule has 0 bridgehead atoms. The number of fused-ring (bicyclic) bond motifs is 1. The van der Waals surface area contributed by atoms with Crippen LogP contribution in [0.3, 0.4) is 0 Å². The lowest BCUT2D eigenvalue weighted by Crippen LogP contribution is -2.52. The van der Waals surface area contributed by atoms with Gasteiger partial charge in [0.2, 0.25) is 0 Å². The van der Waals surface area contributed by atoms with Crippen LogP contribution < -0.4 is 5.32 Å². The van der Waals surface area contributed by atoms with E-state index >= 15 is 0 Å². The maximum absolute atomic E-state index is 13.5. The van der Waals surface area contributed by atoms with Crippen molar-refractivity contribution in [3.05, 3.63) is 106 Å². The van der Waals surface area contributed by atoms with Crippen LogP contribution in [0.5, 0.6) is 0 Å². The number of amides is 2. The molecular formula is C28H25Cl2N3O2. The van der Waals surface area contributed by atoms with Gasteiger partial charge in [-0.05, 0) is 49.1 Å². The van der Waals surface area contributed by atoms with Crippen molar-refractivity contribution in [3.63, 3.8) is 0 Å². The molecule has 0 radical (unpaired) electrons. The minimum atomic E-state index is -0.104. The van der Waals surface area contributed by atoms with Crippen LogP contribution in [0.4, 0.5) is 0 Å². The van der Waals surface area contributed by atoms with Crippen molar-refractivity contribution in [3.8, 4) is 0 Å². The number of likely N-dealkylation sites (tertiary alicyclic amines) is 1. The number of rotatable bonds is 5. The zero-order valence-corrected chi connectivity index (χ0v) is 20.5. The maximum atomic E-state index is 13.5. The molecule has 0 saturated carbocycles. The number of carbonyl (C=O) groups excluding carboxylic acids is 2. The number of hydrogen-bond donors (Lipinski definition) is 2. The maximum Gasteiger partial charge on any atom is 0.254 e. The van der Waals surface area contributed by atoms with Crippen LogP contribution in [0.1, 0.15) is 39.1 Å². The van der Waals surface area contributed by atoms with E-state index in [1.165, 1.54) is 0 Å². The molecule has 7 heteroatoms. The highest BCUT2D eigenvalue weighted by molar-refractivity contribution is 6.35. The third-order valence-corrected chi connectivity index (χ3v) is 7.01. The number of hydrogen-bond acceptors (Lipinski definition) is 2. The first-order valence-electron chi connectivity index (χ1n) is 11.7. The Labute approximate surface area is 214 Å². The number of H-pyrrole nitrogens is 1. The molecule has 1 aliphatic heterocycles. The SMILES string of the molecule is O=C(N[C@H]1CCN(C(=O)c2cc(Cl)cc(Cl)c2)[C@H](Cc2ccccc2)C1)c1c[nH]c2ccccc12. The molecule has 1 saturated heterocycles. The van der Waals surface area contributed by atoms with Crippen molar-refractivity contribution in [1.82, 2.24) is 15.2 Å². The predicted molar refractivity (Wildman–Crippen MR) is 140 cm³/mol. The third kappa shape index (κ3) is 5.21. The molecule has 3 aromatic carbocycles. The minimum Gasteiger partial charge on any atom is -0.360 e. The van der Waals surface area contributed by atoms with E-state index in [0.29, 0.717) is 47.0 Å². The van der Waals surface area contributed by atoms with E-state index in [4.69, 9.17) is 23.2 Å². The molecule has 2 heterocycles. The third-order valence-electron chi connectivity index (χ3n) is 6.57. The van der Waals surface area contributed by atoms with Gasteiger partial charge in [0.15, 0.2) is 0 Å². The van der Waals surface area contributed by atoms with Crippen LogP contribution in [0.25, 0.3) is 10.9 Å². The molecule has 2 N–H and O–H groups in total. The largest absolute Gasteiger partial charge is 0.360 e. The molecule has 1 aliphatic rings. The van der Waals surface area contributed by atoms with Crippen LogP contribution in [0, 0.1) is 0 Å². The van der Waals surface area contributed by atoms with E-state index in [0.717, 1.165) is 16.5 Å². The van der Waals surface area contributed by atoms with Gasteiger partial charge in [-0.3, -0.25) is 9.59 Å². The molecule has 2 amide bonds. The first kappa shape index (κ1) is 23.5. The topological polar surface area (TPSA) is 65.2 Å². The second-order valence-electron chi connectivity index (χ2n) is 8.94. The molecule has 5 rings (SSSR count). The lowest BCUT2D eigenvalue weighted by atomic mass is 9.91. The number of piperidine rings is 1. The summed E-state index contributed by atoms with van der Waals surface area (Å²) in [5.74, 6) is -0.205. The van der Waals surface area contributed by atoms with Crippen LogP contribution in [-0.4, -0.2) is 40.3 Å². The Balaban J connectivity index is 1.36. The molecule has 5 nitrogen and oxygen atoms in total. The Kier molecular flexibility index (Phi) is 6.80. The number of carbonyl (C=O) groups is 2. The van der Waals surface area contributed by atoms with Crippen LogP contribution >= 0.6 is 23.2 Å². The Bertz CT molecular complexity index is 1350. The van der Waals surface area contributed by atoms with Crippen LogP contribution in [0.2, 0.25) is 10.0 Å². The molecular weight excluding hydrogens is 481 g/mol. The summed E-state index contributed by atoms with van der Waals surface area (Å²) in [7, 11) is 0. The van der Waals surface area contributed by atoms with E-state index in [1.54, 1.807) is 24.4 Å². The Morgan fingerprint density at radius 3 is 2.46 bits per heavy atom. The number of benzene rings is 3. The fraction of sp³-hybridized carbons (Fsp3) is 0.214. The number of aromatic nitrogens is 1. The summed E-state index contributed by atoms with van der Waals surface area (Å²) in [6.45, 7) is 0.527. The van der Waals surface area contributed by atoms with Gasteiger partial charge in [0.1, 0.15) is 0 Å². The molecule has 4 aromatic rings. The predicted octanol–water partition coefficient (Wildman–Crippen LogP) is 6.12. The quantitative estimate of drug-likeness (QED) is 0.343. The fourth-order valence-electron chi connectivity index (χ4n) is 4.89. The number of para-hydroxylation sites is 1. The molecule has 1 aromatic heterocycles. The molecule has 0 aliphatic carbocycles. The monoisotopic (exact) mass is 505 g/mol. The highest BCUT2D eigenvalue weighted by atomic mass is 35.5. The standard InChI is InChI=1S/C28H25Cl2N3O2/c29-20-13-19(14-21(30)15-20)28(35)33-11-10-22(16-23(33)12-18-6-2-1-3-7-18)32-27(34)25-17-31-26-9-5-4-8-24(25)26/h1-9,13-15,17,22-23,31H,10-12,16H2,(H,32,34)/t22-,23+/m0/s1. The first-order valence-corrected chi connectivity index (χ1v) is 12.4. The summed E-state index contributed by atoms with van der Waals surface area (Å²) in [5, 5.41) is 4.97. The molecule has 35 heavy (non-hydrogen) atoms. The average molecular weight is 506 g/mol. The summed E-state index contributed by atoms with van der Waals surface area (Å²) in [5.41, 5.74) is 3.18. The normalized spacial score (nSPS) is 17.9. The smallest absolute Gasteiger partial charge is 0.254 e. The second kappa shape index (κ2) is 10.1. The highest BCUT2D eigenvalue weighted by Gasteiger charge is 2.33. The van der Waals surface area contributed by atoms with Gasteiger partial charge < -0.3 is 15.2 Å². The number of aromatic amines is 1. The van der Waals surface area contributed by atoms with E-state index < -0.39 is 0 Å². The van der Waals surface area contributed by atoms with Gasteiger partial charge in [-0.25, -0.2) is 0 Å². The van der Waals surface area contributed by atoms with Crippen molar-refractivity contribution in [2.75, 3.05) is 6.54 Å². The molecule has 178 valence electrons. The van der Waals surface area contributed by atoms with Crippen LogP contribution in [-0.2, 0) is 6.42 Å². The van der Waals surface area contributed by atoms with Crippen molar-refractivity contribution in [2.45, 2.75) is 31.3 Å². The summed E-state index contributed by atoms with van der Waals surface area (Å²) in [6.07, 6.45) is 3.77. The first-order chi connectivity index (χ1) is 17.0. The van der Waals surface area contributed by atoms with Gasteiger partial charge in [0.05, 0.1) is 5.56 Å². The van der Waals surface area contributed by atoms with E-state index in [2.05, 4.69) is 22.4 Å². The zero-order valence-electron chi connectivity index (χ0n) is 19.0. The Morgan fingerprint density at radius 1 is 0.971 bits per heavy atom. The van der Waals surface area contributed by atoms with Crippen LogP contribution in [0.15, 0.2) is 79.0 Å². The van der Waals surface area contributed by atoms with E-state index in [9.17, 15) is 9.59 Å². The van der Waals surface area contributed by atoms with Crippen molar-refractivity contribution in [1.29, 1.82) is 0 Å². The molecule has 1 fully saturated rings. The zero-order chi connectivity index (χ0) is 24.4. The van der Waals surface area contributed by atoms with Crippen molar-refractivity contribution < 1.29 is 9.59 Å². The van der Waals surface area contributed by atoms with Gasteiger partial charge in [-0.15, -0.1) is 0 Å². The van der Waals surface area contributed by atoms with Crippen molar-refractivity contribution in [2.24, 2.45) is 0 Å². The van der Waals surface area contributed by atoms with Gasteiger partial charge in [0, 0.05) is 51.3 Å². The lowest BCUT2D eigenvalue weighted by Gasteiger charge is -2.40. The van der Waals surface area contributed by atoms with Gasteiger partial charge >= 0.3 is 0 Å². The Hall–Kier alpha value is -3.28. The average Bonchev–Trinajstić information content (AvgIpc) is 3.28. The van der Waals surface area contributed by atoms with Gasteiger partial charge in [0.25, 0.3) is 11.8 Å². The number of halogens is 2. The Morgan fingerprint density at radius 2 is 1.69 bits per heavy atom. The molecule has 0 unspecified atom stereocenters. The second-order valence-corrected chi connectivity index (χ2v) is 9.82. The van der Waals surface area contributed by atoms with Gasteiger partial charge in [-0.2, -0.15) is 0 Å². The fourth-order valence-corrected chi connectivity index (χ4v) is 5.42. The summed E-state index contributed by atoms with van der Waals surface area (Å²) in [6, 6.07) is 22.7. The minimum absolute atomic E-state index is 0.0446. The summed E-state index contributed by atoms with van der Waals surface area (Å²) >= 11 is 12.3. The van der Waals surface area contributed by atoms with Crippen molar-refractivity contribution >= 4 is 45.9 Å². The number of nitrogens with one attached hydrogen (secondary N) is 2. The molecule has 0 spiro atoms.